The van der Waals surface area contributed by atoms with Crippen LogP contribution in [0.1, 0.15) is 41.0 Å². The summed E-state index contributed by atoms with van der Waals surface area (Å²) in [5, 5.41) is 10.6. The summed E-state index contributed by atoms with van der Waals surface area (Å²) in [6.07, 6.45) is 2.73. The van der Waals surface area contributed by atoms with Crippen LogP contribution in [-0.2, 0) is 0 Å². The molecular formula is C23H30N4O4S. The topological polar surface area (TPSA) is 78.4 Å². The Kier molecular flexibility index (Phi) is 6.21. The number of hydrogen-bond donors (Lipinski definition) is 1. The second-order valence-electron chi connectivity index (χ2n) is 8.63. The SMILES string of the molecule is C[C@H](c1ccc2c(c1)OCCO2)N1CCN(c2ncc(C(=O)N3CCC(O)CC3)s2)CC1. The predicted octanol–water partition coefficient (Wildman–Crippen LogP) is 2.39. The number of fused-ring (bicyclic) bond motifs is 1. The van der Waals surface area contributed by atoms with Crippen LogP contribution in [0.25, 0.3) is 0 Å². The fourth-order valence-corrected chi connectivity index (χ4v) is 5.50. The number of aromatic nitrogens is 1. The second-order valence-corrected chi connectivity index (χ2v) is 9.64. The second kappa shape index (κ2) is 9.25. The van der Waals surface area contributed by atoms with Gasteiger partial charge in [-0.15, -0.1) is 0 Å². The van der Waals surface area contributed by atoms with E-state index in [0.717, 1.165) is 42.8 Å². The van der Waals surface area contributed by atoms with Crippen LogP contribution in [-0.4, -0.2) is 84.4 Å². The zero-order valence-corrected chi connectivity index (χ0v) is 19.2. The number of thiazole rings is 1. The van der Waals surface area contributed by atoms with Gasteiger partial charge in [0.25, 0.3) is 5.91 Å². The van der Waals surface area contributed by atoms with E-state index in [0.29, 0.717) is 44.0 Å². The minimum atomic E-state index is -0.281. The average molecular weight is 459 g/mol. The number of aliphatic hydroxyl groups excluding tert-OH is 1. The van der Waals surface area contributed by atoms with Gasteiger partial charge in [0.2, 0.25) is 0 Å². The van der Waals surface area contributed by atoms with E-state index in [9.17, 15) is 9.90 Å². The van der Waals surface area contributed by atoms with Gasteiger partial charge in [0.15, 0.2) is 16.6 Å². The number of likely N-dealkylation sites (tertiary alicyclic amines) is 1. The van der Waals surface area contributed by atoms with E-state index in [4.69, 9.17) is 9.47 Å². The van der Waals surface area contributed by atoms with Crippen molar-refractivity contribution in [1.29, 1.82) is 0 Å². The van der Waals surface area contributed by atoms with Gasteiger partial charge in [-0.25, -0.2) is 4.98 Å². The van der Waals surface area contributed by atoms with Crippen LogP contribution in [0.3, 0.4) is 0 Å². The minimum Gasteiger partial charge on any atom is -0.486 e. The molecule has 1 atom stereocenters. The number of ether oxygens (including phenoxy) is 2. The van der Waals surface area contributed by atoms with Crippen molar-refractivity contribution in [2.45, 2.75) is 31.9 Å². The molecule has 172 valence electrons. The predicted molar refractivity (Wildman–Crippen MR) is 123 cm³/mol. The van der Waals surface area contributed by atoms with Crippen LogP contribution in [0.5, 0.6) is 11.5 Å². The molecule has 1 N–H and O–H groups in total. The zero-order valence-electron chi connectivity index (χ0n) is 18.4. The molecule has 1 amide bonds. The summed E-state index contributed by atoms with van der Waals surface area (Å²) in [7, 11) is 0. The van der Waals surface area contributed by atoms with Gasteiger partial charge in [0, 0.05) is 45.3 Å². The highest BCUT2D eigenvalue weighted by Crippen LogP contribution is 2.34. The van der Waals surface area contributed by atoms with Crippen molar-refractivity contribution < 1.29 is 19.4 Å². The van der Waals surface area contributed by atoms with Crippen molar-refractivity contribution in [3.63, 3.8) is 0 Å². The molecule has 2 aromatic rings. The molecule has 0 unspecified atom stereocenters. The zero-order chi connectivity index (χ0) is 22.1. The number of rotatable bonds is 4. The Morgan fingerprint density at radius 2 is 1.81 bits per heavy atom. The Labute approximate surface area is 192 Å². The lowest BCUT2D eigenvalue weighted by atomic mass is 10.1. The molecule has 1 aromatic carbocycles. The first kappa shape index (κ1) is 21.5. The van der Waals surface area contributed by atoms with Gasteiger partial charge in [-0.2, -0.15) is 0 Å². The summed E-state index contributed by atoms with van der Waals surface area (Å²) in [4.78, 5) is 24.6. The van der Waals surface area contributed by atoms with Crippen LogP contribution in [0, 0.1) is 0 Å². The van der Waals surface area contributed by atoms with Crippen molar-refractivity contribution >= 4 is 22.4 Å². The van der Waals surface area contributed by atoms with E-state index < -0.39 is 0 Å². The Balaban J connectivity index is 1.18. The van der Waals surface area contributed by atoms with E-state index in [2.05, 4.69) is 33.8 Å². The summed E-state index contributed by atoms with van der Waals surface area (Å²) in [5.74, 6) is 1.70. The summed E-state index contributed by atoms with van der Waals surface area (Å²) < 4.78 is 11.4. The van der Waals surface area contributed by atoms with Crippen molar-refractivity contribution in [3.05, 3.63) is 34.8 Å². The van der Waals surface area contributed by atoms with E-state index in [1.54, 1.807) is 6.20 Å². The fourth-order valence-electron chi connectivity index (χ4n) is 4.57. The Morgan fingerprint density at radius 1 is 1.09 bits per heavy atom. The number of anilines is 1. The third-order valence-corrected chi connectivity index (χ3v) is 7.68. The van der Waals surface area contributed by atoms with Gasteiger partial charge in [0.1, 0.15) is 18.1 Å². The quantitative estimate of drug-likeness (QED) is 0.754. The maximum atomic E-state index is 12.8. The highest BCUT2D eigenvalue weighted by Gasteiger charge is 2.27. The van der Waals surface area contributed by atoms with Gasteiger partial charge in [0.05, 0.1) is 12.3 Å². The Bertz CT molecular complexity index is 951. The molecule has 3 aliphatic rings. The highest BCUT2D eigenvalue weighted by molar-refractivity contribution is 7.17. The maximum Gasteiger partial charge on any atom is 0.265 e. The summed E-state index contributed by atoms with van der Waals surface area (Å²) in [6.45, 7) is 8.30. The summed E-state index contributed by atoms with van der Waals surface area (Å²) >= 11 is 1.48. The molecule has 0 bridgehead atoms. The summed E-state index contributed by atoms with van der Waals surface area (Å²) in [6, 6.07) is 6.52. The molecule has 0 saturated carbocycles. The standard InChI is InChI=1S/C23H30N4O4S/c1-16(17-2-3-19-20(14-17)31-13-12-30-19)25-8-10-27(11-9-25)23-24-15-21(32-23)22(29)26-6-4-18(28)5-7-26/h2-3,14-16,18,28H,4-13H2,1H3/t16-/m1/s1. The van der Waals surface area contributed by atoms with Gasteiger partial charge in [-0.3, -0.25) is 9.69 Å². The number of carbonyl (C=O) groups is 1. The molecule has 9 heteroatoms. The van der Waals surface area contributed by atoms with Crippen LogP contribution in [0.15, 0.2) is 24.4 Å². The molecule has 0 radical (unpaired) electrons. The summed E-state index contributed by atoms with van der Waals surface area (Å²) in [5.41, 5.74) is 1.23. The molecule has 8 nitrogen and oxygen atoms in total. The minimum absolute atomic E-state index is 0.0338. The molecule has 2 saturated heterocycles. The van der Waals surface area contributed by atoms with Crippen LogP contribution in [0.2, 0.25) is 0 Å². The molecule has 1 aromatic heterocycles. The average Bonchev–Trinajstić information content (AvgIpc) is 3.34. The molecule has 2 fully saturated rings. The molecule has 32 heavy (non-hydrogen) atoms. The molecular weight excluding hydrogens is 428 g/mol. The lowest BCUT2D eigenvalue weighted by Gasteiger charge is -2.38. The first-order valence-corrected chi connectivity index (χ1v) is 12.2. The van der Waals surface area contributed by atoms with Gasteiger partial charge in [-0.05, 0) is 37.5 Å². The number of benzene rings is 1. The first-order chi connectivity index (χ1) is 15.6. The number of piperazine rings is 1. The number of nitrogens with zero attached hydrogens (tertiary/aromatic N) is 4. The van der Waals surface area contributed by atoms with Crippen molar-refractivity contribution in [1.82, 2.24) is 14.8 Å². The number of aliphatic hydroxyl groups is 1. The molecule has 4 heterocycles. The number of amides is 1. The lowest BCUT2D eigenvalue weighted by Crippen LogP contribution is -2.47. The van der Waals surface area contributed by atoms with Crippen molar-refractivity contribution in [2.75, 3.05) is 57.4 Å². The maximum absolute atomic E-state index is 12.8. The van der Waals surface area contributed by atoms with Crippen LogP contribution < -0.4 is 14.4 Å². The normalized spacial score (nSPS) is 20.9. The number of carbonyl (C=O) groups excluding carboxylic acids is 1. The van der Waals surface area contributed by atoms with E-state index in [1.165, 1.54) is 16.9 Å². The van der Waals surface area contributed by atoms with E-state index in [-0.39, 0.29) is 18.1 Å². The van der Waals surface area contributed by atoms with Gasteiger partial charge < -0.3 is 24.4 Å². The lowest BCUT2D eigenvalue weighted by molar-refractivity contribution is 0.0550. The third kappa shape index (κ3) is 4.42. The van der Waals surface area contributed by atoms with Crippen LogP contribution in [0.4, 0.5) is 5.13 Å². The van der Waals surface area contributed by atoms with E-state index in [1.807, 2.05) is 11.0 Å². The van der Waals surface area contributed by atoms with Crippen molar-refractivity contribution in [3.8, 4) is 11.5 Å². The van der Waals surface area contributed by atoms with Gasteiger partial charge in [-0.1, -0.05) is 17.4 Å². The van der Waals surface area contributed by atoms with E-state index >= 15 is 0 Å². The van der Waals surface area contributed by atoms with Crippen molar-refractivity contribution in [2.24, 2.45) is 0 Å². The van der Waals surface area contributed by atoms with Gasteiger partial charge >= 0.3 is 0 Å². The highest BCUT2D eigenvalue weighted by atomic mass is 32.1. The molecule has 0 aliphatic carbocycles. The molecule has 0 spiro atoms. The largest absolute Gasteiger partial charge is 0.486 e. The number of piperidine rings is 1. The molecule has 3 aliphatic heterocycles. The Hall–Kier alpha value is -2.36. The molecule has 5 rings (SSSR count). The Morgan fingerprint density at radius 3 is 2.56 bits per heavy atom. The fraction of sp³-hybridized carbons (Fsp3) is 0.565. The first-order valence-electron chi connectivity index (χ1n) is 11.4. The number of hydrogen-bond acceptors (Lipinski definition) is 8. The third-order valence-electron chi connectivity index (χ3n) is 6.64. The van der Waals surface area contributed by atoms with Crippen LogP contribution >= 0.6 is 11.3 Å². The monoisotopic (exact) mass is 458 g/mol. The smallest absolute Gasteiger partial charge is 0.265 e.